The SMILES string of the molecule is CC(C)(CO)COC(=O)c1c[c]([Na])cc(C(=O)OS(=O)(=O)O)c1CC(C)(C)CO. The van der Waals surface area contributed by atoms with Crippen LogP contribution in [0.2, 0.25) is 0 Å². The third-order valence-electron chi connectivity index (χ3n) is 4.12. The number of hydrogen-bond donors (Lipinski definition) is 3. The molecule has 0 aliphatic carbocycles. The van der Waals surface area contributed by atoms with Gasteiger partial charge in [-0.05, 0) is 0 Å². The first-order valence-corrected chi connectivity index (χ1v) is 11.2. The van der Waals surface area contributed by atoms with E-state index in [1.165, 1.54) is 12.1 Å². The number of aliphatic hydroxyl groups excluding tert-OH is 2. The number of carbonyl (C=O) groups is 2. The molecular weight excluding hydrogens is 415 g/mol. The van der Waals surface area contributed by atoms with Crippen LogP contribution in [0.5, 0.6) is 0 Å². The monoisotopic (exact) mass is 440 g/mol. The van der Waals surface area contributed by atoms with Crippen LogP contribution in [-0.2, 0) is 25.7 Å². The molecule has 29 heavy (non-hydrogen) atoms. The van der Waals surface area contributed by atoms with Gasteiger partial charge in [0.1, 0.15) is 0 Å². The number of esters is 1. The molecule has 0 unspecified atom stereocenters. The van der Waals surface area contributed by atoms with Crippen molar-refractivity contribution in [3.8, 4) is 0 Å². The summed E-state index contributed by atoms with van der Waals surface area (Å²) in [5.74, 6) is -2.09. The van der Waals surface area contributed by atoms with Gasteiger partial charge in [-0.1, -0.05) is 0 Å². The van der Waals surface area contributed by atoms with Crippen LogP contribution in [0.3, 0.4) is 0 Å². The Morgan fingerprint density at radius 2 is 1.48 bits per heavy atom. The summed E-state index contributed by atoms with van der Waals surface area (Å²) >= 11 is 0.424. The van der Waals surface area contributed by atoms with Gasteiger partial charge in [0.05, 0.1) is 0 Å². The summed E-state index contributed by atoms with van der Waals surface area (Å²) < 4.78 is 40.8. The molecule has 0 saturated carbocycles. The molecule has 0 amide bonds. The van der Waals surface area contributed by atoms with Gasteiger partial charge in [-0.15, -0.1) is 0 Å². The normalized spacial score (nSPS) is 12.6. The predicted molar refractivity (Wildman–Crippen MR) is 105 cm³/mol. The van der Waals surface area contributed by atoms with Crippen LogP contribution in [0, 0.1) is 10.8 Å². The third kappa shape index (κ3) is 8.33. The zero-order valence-electron chi connectivity index (χ0n) is 17.2. The third-order valence-corrected chi connectivity index (χ3v) is 5.06. The van der Waals surface area contributed by atoms with E-state index in [2.05, 4.69) is 4.18 Å². The first-order valence-electron chi connectivity index (χ1n) is 8.84. The van der Waals surface area contributed by atoms with Crippen LogP contribution in [0.1, 0.15) is 54.0 Å². The summed E-state index contributed by atoms with van der Waals surface area (Å²) in [5, 5.41) is 18.9. The summed E-state index contributed by atoms with van der Waals surface area (Å²) in [6.07, 6.45) is 0.0368. The van der Waals surface area contributed by atoms with E-state index in [0.29, 0.717) is 30.7 Å². The molecule has 1 aromatic carbocycles. The van der Waals surface area contributed by atoms with Gasteiger partial charge >= 0.3 is 188 Å². The summed E-state index contributed by atoms with van der Waals surface area (Å²) in [5.41, 5.74) is -1.45. The molecule has 0 spiro atoms. The number of carbonyl (C=O) groups excluding carboxylic acids is 2. The van der Waals surface area contributed by atoms with Crippen LogP contribution in [0.4, 0.5) is 0 Å². The minimum absolute atomic E-state index is 0.0368. The molecular formula is C18H25NaO9S. The molecule has 0 saturated heterocycles. The van der Waals surface area contributed by atoms with Gasteiger partial charge in [-0.3, -0.25) is 0 Å². The second-order valence-corrected chi connectivity index (χ2v) is 10.7. The van der Waals surface area contributed by atoms with E-state index in [-0.39, 0.29) is 42.9 Å². The Bertz CT molecular complexity index is 876. The fourth-order valence-corrected chi connectivity index (χ4v) is 3.29. The predicted octanol–water partition coefficient (Wildman–Crippen LogP) is 0.176. The van der Waals surface area contributed by atoms with Gasteiger partial charge in [0, 0.05) is 0 Å². The first-order chi connectivity index (χ1) is 13.1. The number of hydrogen-bond acceptors (Lipinski definition) is 8. The topological polar surface area (TPSA) is 147 Å². The molecule has 0 aromatic heterocycles. The molecule has 9 nitrogen and oxygen atoms in total. The number of rotatable bonds is 9. The van der Waals surface area contributed by atoms with Crippen LogP contribution in [0.15, 0.2) is 12.1 Å². The van der Waals surface area contributed by atoms with Crippen molar-refractivity contribution in [1.82, 2.24) is 0 Å². The molecule has 0 aliphatic rings. The van der Waals surface area contributed by atoms with Crippen molar-refractivity contribution in [2.24, 2.45) is 10.8 Å². The van der Waals surface area contributed by atoms with E-state index in [9.17, 15) is 28.2 Å². The van der Waals surface area contributed by atoms with Gasteiger partial charge in [0.25, 0.3) is 0 Å². The first kappa shape index (κ1) is 26.0. The van der Waals surface area contributed by atoms with Gasteiger partial charge in [0.2, 0.25) is 0 Å². The van der Waals surface area contributed by atoms with Crippen LogP contribution in [-0.4, -0.2) is 82.9 Å². The van der Waals surface area contributed by atoms with Crippen molar-refractivity contribution >= 4 is 53.1 Å². The molecule has 0 heterocycles. The Kier molecular flexibility index (Phi) is 8.85. The molecule has 0 aliphatic heterocycles. The Labute approximate surface area is 187 Å². The Morgan fingerprint density at radius 1 is 1.00 bits per heavy atom. The maximum absolute atomic E-state index is 12.7. The Morgan fingerprint density at radius 3 is 1.93 bits per heavy atom. The molecule has 11 heteroatoms. The second-order valence-electron chi connectivity index (χ2n) is 8.53. The average Bonchev–Trinajstić information content (AvgIpc) is 2.59. The van der Waals surface area contributed by atoms with E-state index >= 15 is 0 Å². The standard InChI is InChI=1S/C18H25O9S.Na/c1-17(2,9-19)8-14-12(15(21)26-11-18(3,4)10-20)6-5-7-13(14)16(22)27-28(23,24)25;/h6-7,19-20H,8-11H2,1-4H3,(H,23,24,25);. The molecule has 1 rings (SSSR count). The van der Waals surface area contributed by atoms with E-state index < -0.39 is 33.2 Å². The van der Waals surface area contributed by atoms with Crippen LogP contribution in [0.25, 0.3) is 0 Å². The minimum atomic E-state index is -5.05. The summed E-state index contributed by atoms with van der Waals surface area (Å²) in [6.45, 7) is 6.24. The molecule has 1 aromatic rings. The van der Waals surface area contributed by atoms with Gasteiger partial charge < -0.3 is 0 Å². The van der Waals surface area contributed by atoms with Crippen molar-refractivity contribution in [3.63, 3.8) is 0 Å². The number of benzene rings is 1. The van der Waals surface area contributed by atoms with Gasteiger partial charge in [-0.25, -0.2) is 0 Å². The molecule has 0 radical (unpaired) electrons. The molecule has 158 valence electrons. The molecule has 0 atom stereocenters. The number of ether oxygens (including phenoxy) is 1. The van der Waals surface area contributed by atoms with Crippen molar-refractivity contribution in [2.75, 3.05) is 19.8 Å². The van der Waals surface area contributed by atoms with Gasteiger partial charge in [-0.2, -0.15) is 0 Å². The Balaban J connectivity index is 3.50. The molecule has 0 fully saturated rings. The fraction of sp³-hybridized carbons (Fsp3) is 0.556. The van der Waals surface area contributed by atoms with E-state index in [4.69, 9.17) is 9.29 Å². The van der Waals surface area contributed by atoms with Crippen molar-refractivity contribution in [2.45, 2.75) is 34.1 Å². The Hall–Kier alpha value is -1.01. The zero-order chi connectivity index (χ0) is 22.6. The van der Waals surface area contributed by atoms with Gasteiger partial charge in [0.15, 0.2) is 0 Å². The maximum atomic E-state index is 12.7. The van der Waals surface area contributed by atoms with Crippen molar-refractivity contribution < 1.29 is 41.7 Å². The quantitative estimate of drug-likeness (QED) is 0.278. The van der Waals surface area contributed by atoms with E-state index in [0.717, 1.165) is 0 Å². The van der Waals surface area contributed by atoms with Crippen LogP contribution >= 0.6 is 0 Å². The molecule has 3 N–H and O–H groups in total. The van der Waals surface area contributed by atoms with Crippen molar-refractivity contribution in [3.05, 3.63) is 28.8 Å². The van der Waals surface area contributed by atoms with Crippen LogP contribution < -0.4 is 2.81 Å². The average molecular weight is 440 g/mol. The van der Waals surface area contributed by atoms with E-state index in [1.807, 2.05) is 0 Å². The molecule has 0 bridgehead atoms. The fourth-order valence-electron chi connectivity index (χ4n) is 2.43. The second kappa shape index (κ2) is 9.86. The zero-order valence-corrected chi connectivity index (χ0v) is 20.0. The number of aliphatic hydroxyl groups is 2. The summed E-state index contributed by atoms with van der Waals surface area (Å²) in [4.78, 5) is 25.1. The van der Waals surface area contributed by atoms with E-state index in [1.54, 1.807) is 27.7 Å². The van der Waals surface area contributed by atoms with Crippen molar-refractivity contribution in [1.29, 1.82) is 0 Å². The summed E-state index contributed by atoms with van der Waals surface area (Å²) in [6, 6.07) is 2.92. The summed E-state index contributed by atoms with van der Waals surface area (Å²) in [7, 11) is -5.05.